The molecule has 2 rings (SSSR count). The van der Waals surface area contributed by atoms with E-state index in [0.29, 0.717) is 13.0 Å². The van der Waals surface area contributed by atoms with Gasteiger partial charge in [-0.2, -0.15) is 0 Å². The number of benzene rings is 1. The third-order valence-electron chi connectivity index (χ3n) is 2.86. The van der Waals surface area contributed by atoms with Crippen molar-refractivity contribution in [2.24, 2.45) is 4.99 Å². The number of carbonyl (C=O) groups excluding carboxylic acids is 2. The van der Waals surface area contributed by atoms with Crippen LogP contribution in [0.25, 0.3) is 0 Å². The lowest BCUT2D eigenvalue weighted by Crippen LogP contribution is -2.25. The minimum absolute atomic E-state index is 0.0130. The van der Waals surface area contributed by atoms with Gasteiger partial charge in [-0.15, -0.1) is 0 Å². The summed E-state index contributed by atoms with van der Waals surface area (Å²) in [4.78, 5) is 27.3. The maximum absolute atomic E-state index is 11.8. The molecule has 0 spiro atoms. The van der Waals surface area contributed by atoms with Crippen molar-refractivity contribution in [3.8, 4) is 0 Å². The van der Waals surface area contributed by atoms with Gasteiger partial charge in [-0.05, 0) is 37.1 Å². The van der Waals surface area contributed by atoms with Gasteiger partial charge in [0.2, 0.25) is 12.0 Å². The fourth-order valence-electron chi connectivity index (χ4n) is 2.21. The van der Waals surface area contributed by atoms with Gasteiger partial charge < -0.3 is 4.90 Å². The smallest absolute Gasteiger partial charge is 0.235 e. The Kier molecular flexibility index (Phi) is 3.07. The van der Waals surface area contributed by atoms with E-state index in [1.165, 1.54) is 6.08 Å². The number of amides is 1. The summed E-state index contributed by atoms with van der Waals surface area (Å²) >= 11 is 0. The molecule has 1 amide bonds. The topological polar surface area (TPSA) is 49.7 Å². The molecule has 1 atom stereocenters. The Balaban J connectivity index is 2.28. The van der Waals surface area contributed by atoms with E-state index in [9.17, 15) is 9.59 Å². The van der Waals surface area contributed by atoms with Crippen LogP contribution in [-0.2, 0) is 9.59 Å². The predicted molar refractivity (Wildman–Crippen MR) is 64.8 cm³/mol. The van der Waals surface area contributed by atoms with E-state index in [2.05, 4.69) is 11.1 Å². The van der Waals surface area contributed by atoms with E-state index in [0.717, 1.165) is 16.8 Å². The first-order chi connectivity index (χ1) is 8.10. The number of aliphatic imine (C=N–C) groups is 1. The number of anilines is 1. The van der Waals surface area contributed by atoms with Gasteiger partial charge in [0.25, 0.3) is 0 Å². The lowest BCUT2D eigenvalue weighted by atomic mass is 10.1. The first-order valence-corrected chi connectivity index (χ1v) is 5.56. The second-order valence-electron chi connectivity index (χ2n) is 4.43. The van der Waals surface area contributed by atoms with Gasteiger partial charge in [0, 0.05) is 12.2 Å². The summed E-state index contributed by atoms with van der Waals surface area (Å²) in [6.07, 6.45) is 1.81. The molecule has 17 heavy (non-hydrogen) atoms. The van der Waals surface area contributed by atoms with Crippen LogP contribution >= 0.6 is 0 Å². The van der Waals surface area contributed by atoms with E-state index in [-0.39, 0.29) is 11.9 Å². The van der Waals surface area contributed by atoms with E-state index < -0.39 is 0 Å². The largest absolute Gasteiger partial charge is 0.310 e. The molecule has 1 fully saturated rings. The highest BCUT2D eigenvalue weighted by Crippen LogP contribution is 2.25. The summed E-state index contributed by atoms with van der Waals surface area (Å²) in [5.74, 6) is 0.0130. The highest BCUT2D eigenvalue weighted by atomic mass is 16.2. The van der Waals surface area contributed by atoms with Crippen molar-refractivity contribution in [3.05, 3.63) is 29.3 Å². The third-order valence-corrected chi connectivity index (χ3v) is 2.86. The van der Waals surface area contributed by atoms with Crippen LogP contribution in [0.2, 0.25) is 0 Å². The van der Waals surface area contributed by atoms with Crippen LogP contribution < -0.4 is 4.90 Å². The second kappa shape index (κ2) is 4.52. The zero-order chi connectivity index (χ0) is 12.4. The number of rotatable bonds is 2. The van der Waals surface area contributed by atoms with Crippen molar-refractivity contribution in [1.29, 1.82) is 0 Å². The van der Waals surface area contributed by atoms with Gasteiger partial charge in [0.15, 0.2) is 0 Å². The van der Waals surface area contributed by atoms with E-state index in [4.69, 9.17) is 0 Å². The SMILES string of the molecule is Cc1cc(C)cc(N2CC(N=C=O)CC2=O)c1. The minimum Gasteiger partial charge on any atom is -0.310 e. The maximum Gasteiger partial charge on any atom is 0.235 e. The van der Waals surface area contributed by atoms with Crippen molar-refractivity contribution >= 4 is 17.7 Å². The highest BCUT2D eigenvalue weighted by molar-refractivity contribution is 5.96. The monoisotopic (exact) mass is 230 g/mol. The Bertz CT molecular complexity index is 484. The number of carbonyl (C=O) groups is 1. The molecule has 0 saturated carbocycles. The van der Waals surface area contributed by atoms with Crippen LogP contribution in [0.5, 0.6) is 0 Å². The van der Waals surface area contributed by atoms with E-state index in [1.807, 2.05) is 26.0 Å². The van der Waals surface area contributed by atoms with Crippen LogP contribution in [0.3, 0.4) is 0 Å². The number of nitrogens with zero attached hydrogens (tertiary/aromatic N) is 2. The predicted octanol–water partition coefficient (Wildman–Crippen LogP) is 1.74. The molecule has 1 saturated heterocycles. The van der Waals surface area contributed by atoms with Gasteiger partial charge in [0.1, 0.15) is 0 Å². The quantitative estimate of drug-likeness (QED) is 0.574. The summed E-state index contributed by atoms with van der Waals surface area (Å²) in [6, 6.07) is 5.75. The zero-order valence-corrected chi connectivity index (χ0v) is 9.93. The normalized spacial score (nSPS) is 19.3. The molecular weight excluding hydrogens is 216 g/mol. The zero-order valence-electron chi connectivity index (χ0n) is 9.93. The molecule has 1 aliphatic heterocycles. The maximum atomic E-state index is 11.8. The van der Waals surface area contributed by atoms with Gasteiger partial charge in [-0.3, -0.25) is 4.79 Å². The van der Waals surface area contributed by atoms with E-state index in [1.54, 1.807) is 4.90 Å². The Labute approximate surface area is 100.0 Å². The number of aryl methyl sites for hydroxylation is 2. The summed E-state index contributed by atoms with van der Waals surface area (Å²) in [6.45, 7) is 4.47. The fourth-order valence-corrected chi connectivity index (χ4v) is 2.21. The van der Waals surface area contributed by atoms with E-state index >= 15 is 0 Å². The molecule has 0 aliphatic carbocycles. The lowest BCUT2D eigenvalue weighted by Gasteiger charge is -2.17. The molecule has 1 unspecified atom stereocenters. The Morgan fingerprint density at radius 1 is 1.29 bits per heavy atom. The lowest BCUT2D eigenvalue weighted by molar-refractivity contribution is -0.117. The van der Waals surface area contributed by atoms with Crippen molar-refractivity contribution in [3.63, 3.8) is 0 Å². The number of isocyanates is 1. The Morgan fingerprint density at radius 3 is 2.53 bits per heavy atom. The molecule has 0 aromatic heterocycles. The van der Waals surface area contributed by atoms with Crippen molar-refractivity contribution in [2.75, 3.05) is 11.4 Å². The molecule has 0 radical (unpaired) electrons. The van der Waals surface area contributed by atoms with Crippen LogP contribution in [-0.4, -0.2) is 24.6 Å². The molecule has 88 valence electrons. The first-order valence-electron chi connectivity index (χ1n) is 5.56. The van der Waals surface area contributed by atoms with Crippen LogP contribution in [0.1, 0.15) is 17.5 Å². The first kappa shape index (κ1) is 11.6. The average molecular weight is 230 g/mol. The van der Waals surface area contributed by atoms with Gasteiger partial charge in [-0.1, -0.05) is 6.07 Å². The molecule has 1 aromatic carbocycles. The molecular formula is C13H14N2O2. The third kappa shape index (κ3) is 2.43. The van der Waals surface area contributed by atoms with Gasteiger partial charge in [-0.25, -0.2) is 9.79 Å². The van der Waals surface area contributed by atoms with Crippen LogP contribution in [0, 0.1) is 13.8 Å². The molecule has 0 bridgehead atoms. The molecule has 1 aliphatic rings. The second-order valence-corrected chi connectivity index (χ2v) is 4.43. The summed E-state index contributed by atoms with van der Waals surface area (Å²) in [5, 5.41) is 0. The van der Waals surface area contributed by atoms with Crippen molar-refractivity contribution < 1.29 is 9.59 Å². The summed E-state index contributed by atoms with van der Waals surface area (Å²) < 4.78 is 0. The van der Waals surface area contributed by atoms with Crippen molar-refractivity contribution in [1.82, 2.24) is 0 Å². The Hall–Kier alpha value is -1.93. The average Bonchev–Trinajstić information content (AvgIpc) is 2.58. The molecule has 1 heterocycles. The fraction of sp³-hybridized carbons (Fsp3) is 0.385. The summed E-state index contributed by atoms with van der Waals surface area (Å²) in [7, 11) is 0. The van der Waals surface area contributed by atoms with Crippen LogP contribution in [0.15, 0.2) is 23.2 Å². The van der Waals surface area contributed by atoms with Crippen molar-refractivity contribution in [2.45, 2.75) is 26.3 Å². The minimum atomic E-state index is -0.249. The molecule has 1 aromatic rings. The Morgan fingerprint density at radius 2 is 1.94 bits per heavy atom. The standard InChI is InChI=1S/C13H14N2O2/c1-9-3-10(2)5-12(4-9)15-7-11(14-8-16)6-13(15)17/h3-5,11H,6-7H2,1-2H3. The van der Waals surface area contributed by atoms with Gasteiger partial charge >= 0.3 is 0 Å². The number of hydrogen-bond acceptors (Lipinski definition) is 3. The molecule has 4 heteroatoms. The molecule has 0 N–H and O–H groups in total. The summed E-state index contributed by atoms with van der Waals surface area (Å²) in [5.41, 5.74) is 3.13. The van der Waals surface area contributed by atoms with Crippen LogP contribution in [0.4, 0.5) is 5.69 Å². The highest BCUT2D eigenvalue weighted by Gasteiger charge is 2.30. The van der Waals surface area contributed by atoms with Gasteiger partial charge in [0.05, 0.1) is 12.5 Å². The molecule has 4 nitrogen and oxygen atoms in total. The number of hydrogen-bond donors (Lipinski definition) is 0.